The molecule has 0 radical (unpaired) electrons. The molecule has 1 atom stereocenters. The van der Waals surface area contributed by atoms with Crippen LogP contribution in [0.25, 0.3) is 0 Å². The number of carbonyl (C=O) groups excluding carboxylic acids is 1. The molecular formula is C14H21N3O3S. The Bertz CT molecular complexity index is 666. The number of nitrogens with one attached hydrogen (secondary N) is 2. The highest BCUT2D eigenvalue weighted by Gasteiger charge is 2.28. The molecule has 1 amide bonds. The van der Waals surface area contributed by atoms with Crippen molar-refractivity contribution in [2.45, 2.75) is 50.6 Å². The van der Waals surface area contributed by atoms with Crippen LogP contribution in [0.15, 0.2) is 17.0 Å². The fourth-order valence-electron chi connectivity index (χ4n) is 2.04. The molecule has 1 aromatic carbocycles. The zero-order valence-electron chi connectivity index (χ0n) is 12.4. The van der Waals surface area contributed by atoms with E-state index in [0.717, 1.165) is 18.4 Å². The van der Waals surface area contributed by atoms with Crippen LogP contribution in [-0.4, -0.2) is 26.4 Å². The Balaban J connectivity index is 2.19. The van der Waals surface area contributed by atoms with Gasteiger partial charge >= 0.3 is 0 Å². The maximum absolute atomic E-state index is 12.4. The SMILES string of the molecule is Cc1cc(N)c(C)c(S(=O)(=O)NC(C)C(=O)NC2CC2)c1. The summed E-state index contributed by atoms with van der Waals surface area (Å²) in [5.74, 6) is -0.306. The lowest BCUT2D eigenvalue weighted by Crippen LogP contribution is -2.45. The lowest BCUT2D eigenvalue weighted by molar-refractivity contribution is -0.122. The number of nitrogen functional groups attached to an aromatic ring is 1. The number of aryl methyl sites for hydroxylation is 1. The van der Waals surface area contributed by atoms with Crippen molar-refractivity contribution in [2.24, 2.45) is 0 Å². The highest BCUT2D eigenvalue weighted by Crippen LogP contribution is 2.23. The molecule has 0 heterocycles. The third kappa shape index (κ3) is 3.74. The molecule has 4 N–H and O–H groups in total. The monoisotopic (exact) mass is 311 g/mol. The second kappa shape index (κ2) is 5.65. The topological polar surface area (TPSA) is 101 Å². The molecule has 1 aliphatic carbocycles. The molecule has 6 nitrogen and oxygen atoms in total. The Morgan fingerprint density at radius 2 is 1.95 bits per heavy atom. The van der Waals surface area contributed by atoms with Gasteiger partial charge in [-0.1, -0.05) is 0 Å². The molecule has 1 aromatic rings. The molecule has 0 aromatic heterocycles. The Morgan fingerprint density at radius 3 is 2.52 bits per heavy atom. The van der Waals surface area contributed by atoms with Crippen molar-refractivity contribution in [1.29, 1.82) is 0 Å². The first-order valence-corrected chi connectivity index (χ1v) is 8.38. The van der Waals surface area contributed by atoms with E-state index in [0.29, 0.717) is 11.3 Å². The molecule has 1 saturated carbocycles. The summed E-state index contributed by atoms with van der Waals surface area (Å²) >= 11 is 0. The van der Waals surface area contributed by atoms with E-state index in [1.54, 1.807) is 26.0 Å². The van der Waals surface area contributed by atoms with E-state index in [4.69, 9.17) is 5.73 Å². The minimum atomic E-state index is -3.79. The van der Waals surface area contributed by atoms with E-state index >= 15 is 0 Å². The van der Waals surface area contributed by atoms with Gasteiger partial charge in [0, 0.05) is 11.7 Å². The van der Waals surface area contributed by atoms with Crippen LogP contribution in [0.3, 0.4) is 0 Å². The maximum Gasteiger partial charge on any atom is 0.241 e. The standard InChI is InChI=1S/C14H21N3O3S/c1-8-6-12(15)9(2)13(7-8)21(19,20)17-10(3)14(18)16-11-4-5-11/h6-7,10-11,17H,4-5,15H2,1-3H3,(H,16,18). The Morgan fingerprint density at radius 1 is 1.33 bits per heavy atom. The number of sulfonamides is 1. The molecular weight excluding hydrogens is 290 g/mol. The molecule has 1 aliphatic rings. The van der Waals surface area contributed by atoms with Gasteiger partial charge in [-0.2, -0.15) is 4.72 Å². The maximum atomic E-state index is 12.4. The number of hydrogen-bond donors (Lipinski definition) is 3. The van der Waals surface area contributed by atoms with Crippen molar-refractivity contribution >= 4 is 21.6 Å². The summed E-state index contributed by atoms with van der Waals surface area (Å²) in [6.45, 7) is 4.96. The number of carbonyl (C=O) groups is 1. The third-order valence-corrected chi connectivity index (χ3v) is 5.15. The number of rotatable bonds is 5. The fourth-order valence-corrected chi connectivity index (χ4v) is 3.60. The predicted molar refractivity (Wildman–Crippen MR) is 81.3 cm³/mol. The van der Waals surface area contributed by atoms with Crippen molar-refractivity contribution in [3.8, 4) is 0 Å². The van der Waals surface area contributed by atoms with Gasteiger partial charge in [0.25, 0.3) is 0 Å². The van der Waals surface area contributed by atoms with Gasteiger partial charge in [0.2, 0.25) is 15.9 Å². The Hall–Kier alpha value is -1.60. The third-order valence-electron chi connectivity index (χ3n) is 3.48. The molecule has 0 saturated heterocycles. The predicted octanol–water partition coefficient (Wildman–Crippen LogP) is 0.831. The van der Waals surface area contributed by atoms with Crippen LogP contribution in [-0.2, 0) is 14.8 Å². The largest absolute Gasteiger partial charge is 0.398 e. The van der Waals surface area contributed by atoms with Gasteiger partial charge in [0.05, 0.1) is 10.9 Å². The smallest absolute Gasteiger partial charge is 0.241 e. The molecule has 21 heavy (non-hydrogen) atoms. The number of benzene rings is 1. The molecule has 7 heteroatoms. The van der Waals surface area contributed by atoms with Crippen LogP contribution in [0.1, 0.15) is 30.9 Å². The average molecular weight is 311 g/mol. The van der Waals surface area contributed by atoms with Crippen molar-refractivity contribution in [2.75, 3.05) is 5.73 Å². The first kappa shape index (κ1) is 15.8. The van der Waals surface area contributed by atoms with Crippen molar-refractivity contribution in [3.63, 3.8) is 0 Å². The number of amides is 1. The van der Waals surface area contributed by atoms with Crippen molar-refractivity contribution < 1.29 is 13.2 Å². The zero-order chi connectivity index (χ0) is 15.8. The average Bonchev–Trinajstić information content (AvgIpc) is 3.16. The summed E-state index contributed by atoms with van der Waals surface area (Å²) in [4.78, 5) is 12.0. The normalized spacial score (nSPS) is 16.5. The Labute approximate surface area is 125 Å². The second-order valence-electron chi connectivity index (χ2n) is 5.60. The van der Waals surface area contributed by atoms with Crippen LogP contribution in [0.2, 0.25) is 0 Å². The van der Waals surface area contributed by atoms with Gasteiger partial charge in [0.1, 0.15) is 0 Å². The molecule has 2 rings (SSSR count). The highest BCUT2D eigenvalue weighted by molar-refractivity contribution is 7.89. The van der Waals surface area contributed by atoms with Gasteiger partial charge < -0.3 is 11.1 Å². The van der Waals surface area contributed by atoms with Gasteiger partial charge in [-0.3, -0.25) is 4.79 Å². The second-order valence-corrected chi connectivity index (χ2v) is 7.29. The minimum Gasteiger partial charge on any atom is -0.398 e. The number of hydrogen-bond acceptors (Lipinski definition) is 4. The van der Waals surface area contributed by atoms with Crippen LogP contribution in [0.5, 0.6) is 0 Å². The van der Waals surface area contributed by atoms with E-state index in [-0.39, 0.29) is 16.8 Å². The number of anilines is 1. The van der Waals surface area contributed by atoms with Gasteiger partial charge in [0.15, 0.2) is 0 Å². The minimum absolute atomic E-state index is 0.117. The highest BCUT2D eigenvalue weighted by atomic mass is 32.2. The molecule has 0 bridgehead atoms. The summed E-state index contributed by atoms with van der Waals surface area (Å²) in [5, 5.41) is 2.77. The van der Waals surface area contributed by atoms with E-state index < -0.39 is 16.1 Å². The molecule has 1 unspecified atom stereocenters. The van der Waals surface area contributed by atoms with Crippen LogP contribution >= 0.6 is 0 Å². The lowest BCUT2D eigenvalue weighted by atomic mass is 10.1. The van der Waals surface area contributed by atoms with Crippen LogP contribution in [0.4, 0.5) is 5.69 Å². The summed E-state index contributed by atoms with van der Waals surface area (Å²) < 4.78 is 27.3. The quantitative estimate of drug-likeness (QED) is 0.701. The molecule has 0 spiro atoms. The lowest BCUT2D eigenvalue weighted by Gasteiger charge is -2.16. The van der Waals surface area contributed by atoms with E-state index in [2.05, 4.69) is 10.0 Å². The van der Waals surface area contributed by atoms with E-state index in [1.165, 1.54) is 6.92 Å². The van der Waals surface area contributed by atoms with Gasteiger partial charge in [-0.15, -0.1) is 0 Å². The Kier molecular flexibility index (Phi) is 4.25. The first-order valence-electron chi connectivity index (χ1n) is 6.90. The van der Waals surface area contributed by atoms with E-state index in [1.807, 2.05) is 0 Å². The molecule has 0 aliphatic heterocycles. The molecule has 1 fully saturated rings. The van der Waals surface area contributed by atoms with Crippen molar-refractivity contribution in [3.05, 3.63) is 23.3 Å². The van der Waals surface area contributed by atoms with Gasteiger partial charge in [-0.25, -0.2) is 8.42 Å². The fraction of sp³-hybridized carbons (Fsp3) is 0.500. The molecule has 116 valence electrons. The zero-order valence-corrected chi connectivity index (χ0v) is 13.3. The van der Waals surface area contributed by atoms with E-state index in [9.17, 15) is 13.2 Å². The summed E-state index contributed by atoms with van der Waals surface area (Å²) in [6, 6.07) is 2.65. The van der Waals surface area contributed by atoms with Gasteiger partial charge in [-0.05, 0) is 56.9 Å². The van der Waals surface area contributed by atoms with Crippen molar-refractivity contribution in [1.82, 2.24) is 10.0 Å². The van der Waals surface area contributed by atoms with Crippen LogP contribution < -0.4 is 15.8 Å². The first-order chi connectivity index (χ1) is 9.70. The summed E-state index contributed by atoms with van der Waals surface area (Å²) in [6.07, 6.45) is 1.91. The summed E-state index contributed by atoms with van der Waals surface area (Å²) in [7, 11) is -3.79. The van der Waals surface area contributed by atoms with Crippen LogP contribution in [0, 0.1) is 13.8 Å². The summed E-state index contributed by atoms with van der Waals surface area (Å²) in [5.41, 5.74) is 7.48. The number of nitrogens with two attached hydrogens (primary N) is 1.